The number of hydrogen-bond donors (Lipinski definition) is 2. The second kappa shape index (κ2) is 11.8. The third-order valence-electron chi connectivity index (χ3n) is 5.12. The van der Waals surface area contributed by atoms with Crippen LogP contribution in [0.4, 0.5) is 24.5 Å². The lowest BCUT2D eigenvalue weighted by molar-refractivity contribution is -0.0884. The molecular weight excluding hydrogens is 447 g/mol. The molecule has 0 saturated heterocycles. The molecule has 178 valence electrons. The molecule has 2 N–H and O–H groups in total. The van der Waals surface area contributed by atoms with Gasteiger partial charge in [0.2, 0.25) is 0 Å². The molecule has 3 rings (SSSR count). The van der Waals surface area contributed by atoms with Gasteiger partial charge in [0.15, 0.2) is 0 Å². The van der Waals surface area contributed by atoms with Crippen LogP contribution in [0.3, 0.4) is 0 Å². The maximum absolute atomic E-state index is 13.6. The Balaban J connectivity index is 1.90. The highest BCUT2D eigenvalue weighted by Crippen LogP contribution is 2.30. The monoisotopic (exact) mass is 473 g/mol. The van der Waals surface area contributed by atoms with E-state index in [2.05, 4.69) is 17.2 Å². The van der Waals surface area contributed by atoms with Gasteiger partial charge in [0.1, 0.15) is 0 Å². The zero-order chi connectivity index (χ0) is 25.3. The summed E-state index contributed by atoms with van der Waals surface area (Å²) < 4.78 is 40.9. The molecule has 0 unspecified atom stereocenters. The molecule has 0 aliphatic heterocycles. The molecule has 0 saturated carbocycles. The van der Waals surface area contributed by atoms with Crippen LogP contribution < -0.4 is 10.6 Å². The van der Waals surface area contributed by atoms with E-state index in [1.54, 1.807) is 31.2 Å². The molecule has 0 amide bonds. The lowest BCUT2D eigenvalue weighted by atomic mass is 10.0. The van der Waals surface area contributed by atoms with Gasteiger partial charge in [-0.25, -0.2) is 0 Å². The zero-order valence-electron chi connectivity index (χ0n) is 19.4. The molecule has 0 aliphatic carbocycles. The van der Waals surface area contributed by atoms with Crippen molar-refractivity contribution in [3.63, 3.8) is 0 Å². The van der Waals surface area contributed by atoms with Crippen molar-refractivity contribution >= 4 is 11.4 Å². The first kappa shape index (κ1) is 25.4. The number of rotatable bonds is 9. The molecule has 0 heterocycles. The summed E-state index contributed by atoms with van der Waals surface area (Å²) in [6, 6.07) is 26.2. The van der Waals surface area contributed by atoms with Gasteiger partial charge in [-0.3, -0.25) is 0 Å². The molecule has 35 heavy (non-hydrogen) atoms. The highest BCUT2D eigenvalue weighted by molar-refractivity contribution is 5.62. The Morgan fingerprint density at radius 3 is 2.23 bits per heavy atom. The van der Waals surface area contributed by atoms with Crippen molar-refractivity contribution in [2.75, 3.05) is 10.6 Å². The van der Waals surface area contributed by atoms with E-state index in [0.717, 1.165) is 29.7 Å². The standard InChI is InChI=1S/C29H26F3N3/c1-3-9-25(29(30,31)32)19-28(35-27-15-8-13-24(18-27)20-33)21(2)34-26-14-7-12-23(17-26)16-22-10-5-4-6-11-22/h4-15,17-19,34-35H,2-3,16H2,1H3/b25-9-,28-19-. The maximum Gasteiger partial charge on any atom is 0.416 e. The minimum absolute atomic E-state index is 0.144. The number of nitrogens with zero attached hydrogens (tertiary/aromatic N) is 1. The van der Waals surface area contributed by atoms with Crippen LogP contribution in [0.5, 0.6) is 0 Å². The van der Waals surface area contributed by atoms with Crippen LogP contribution in [0.2, 0.25) is 0 Å². The van der Waals surface area contributed by atoms with E-state index in [0.29, 0.717) is 16.9 Å². The third-order valence-corrected chi connectivity index (χ3v) is 5.12. The molecule has 0 radical (unpaired) electrons. The van der Waals surface area contributed by atoms with E-state index in [1.165, 1.54) is 0 Å². The highest BCUT2D eigenvalue weighted by atomic mass is 19.4. The van der Waals surface area contributed by atoms with E-state index < -0.39 is 11.7 Å². The summed E-state index contributed by atoms with van der Waals surface area (Å²) >= 11 is 0. The molecule has 0 aliphatic rings. The van der Waals surface area contributed by atoms with Gasteiger partial charge >= 0.3 is 6.18 Å². The first-order valence-corrected chi connectivity index (χ1v) is 11.1. The fourth-order valence-electron chi connectivity index (χ4n) is 3.48. The molecule has 0 spiro atoms. The SMILES string of the molecule is C=C(Nc1cccc(Cc2ccccc2)c1)/C(=C/C(=C/CC)C(F)(F)F)Nc1cccc(C#N)c1. The summed E-state index contributed by atoms with van der Waals surface area (Å²) in [4.78, 5) is 0. The van der Waals surface area contributed by atoms with E-state index in [-0.39, 0.29) is 17.8 Å². The molecule has 3 nitrogen and oxygen atoms in total. The van der Waals surface area contributed by atoms with Gasteiger partial charge in [-0.1, -0.05) is 68.1 Å². The van der Waals surface area contributed by atoms with Crippen LogP contribution in [0.1, 0.15) is 30.0 Å². The van der Waals surface area contributed by atoms with Gasteiger partial charge in [0.25, 0.3) is 0 Å². The van der Waals surface area contributed by atoms with Crippen LogP contribution in [-0.2, 0) is 6.42 Å². The number of benzene rings is 3. The Hall–Kier alpha value is -4.24. The first-order chi connectivity index (χ1) is 16.8. The molecule has 0 aromatic heterocycles. The van der Waals surface area contributed by atoms with Crippen molar-refractivity contribution in [1.29, 1.82) is 5.26 Å². The minimum Gasteiger partial charge on any atom is -0.354 e. The molecule has 0 fully saturated rings. The van der Waals surface area contributed by atoms with Crippen molar-refractivity contribution in [3.8, 4) is 6.07 Å². The van der Waals surface area contributed by atoms with Crippen molar-refractivity contribution in [1.82, 2.24) is 0 Å². The molecule has 3 aromatic carbocycles. The molecule has 0 bridgehead atoms. The normalized spacial score (nSPS) is 12.1. The Morgan fingerprint density at radius 2 is 1.57 bits per heavy atom. The molecular formula is C29H26F3N3. The van der Waals surface area contributed by atoms with Crippen LogP contribution in [0.25, 0.3) is 0 Å². The lowest BCUT2D eigenvalue weighted by Crippen LogP contribution is -2.15. The molecule has 3 aromatic rings. The van der Waals surface area contributed by atoms with Gasteiger partial charge in [-0.2, -0.15) is 18.4 Å². The summed E-state index contributed by atoms with van der Waals surface area (Å²) in [5, 5.41) is 15.3. The van der Waals surface area contributed by atoms with Gasteiger partial charge < -0.3 is 10.6 Å². The van der Waals surface area contributed by atoms with E-state index in [1.807, 2.05) is 60.7 Å². The quantitative estimate of drug-likeness (QED) is 0.310. The van der Waals surface area contributed by atoms with Crippen LogP contribution >= 0.6 is 0 Å². The second-order valence-corrected chi connectivity index (χ2v) is 7.91. The summed E-state index contributed by atoms with van der Waals surface area (Å²) in [5.41, 5.74) is 3.41. The predicted octanol–water partition coefficient (Wildman–Crippen LogP) is 7.97. The lowest BCUT2D eigenvalue weighted by Gasteiger charge is -2.18. The Labute approximate surface area is 203 Å². The van der Waals surface area contributed by atoms with Crippen molar-refractivity contribution in [2.45, 2.75) is 25.9 Å². The van der Waals surface area contributed by atoms with E-state index >= 15 is 0 Å². The van der Waals surface area contributed by atoms with Gasteiger partial charge in [0, 0.05) is 11.4 Å². The minimum atomic E-state index is -4.52. The molecule has 0 atom stereocenters. The van der Waals surface area contributed by atoms with Gasteiger partial charge in [-0.15, -0.1) is 0 Å². The average Bonchev–Trinajstić information content (AvgIpc) is 2.83. The van der Waals surface area contributed by atoms with Crippen molar-refractivity contribution in [2.24, 2.45) is 0 Å². The number of nitriles is 1. The number of anilines is 2. The summed E-state index contributed by atoms with van der Waals surface area (Å²) in [5.74, 6) is 0. The first-order valence-electron chi connectivity index (χ1n) is 11.1. The number of halogens is 3. The van der Waals surface area contributed by atoms with Crippen molar-refractivity contribution in [3.05, 3.63) is 131 Å². The number of allylic oxidation sites excluding steroid dienone is 3. The Morgan fingerprint density at radius 1 is 0.914 bits per heavy atom. The maximum atomic E-state index is 13.6. The summed E-state index contributed by atoms with van der Waals surface area (Å²) in [6.45, 7) is 5.64. The predicted molar refractivity (Wildman–Crippen MR) is 136 cm³/mol. The Kier molecular flexibility index (Phi) is 8.53. The summed E-state index contributed by atoms with van der Waals surface area (Å²) in [6.07, 6.45) is -1.41. The third kappa shape index (κ3) is 7.65. The number of nitrogens with one attached hydrogen (secondary N) is 2. The number of hydrogen-bond acceptors (Lipinski definition) is 3. The van der Waals surface area contributed by atoms with E-state index in [9.17, 15) is 18.4 Å². The van der Waals surface area contributed by atoms with Crippen LogP contribution in [0, 0.1) is 11.3 Å². The Bertz CT molecular complexity index is 1270. The average molecular weight is 474 g/mol. The van der Waals surface area contributed by atoms with Gasteiger partial charge in [0.05, 0.1) is 28.6 Å². The highest BCUT2D eigenvalue weighted by Gasteiger charge is 2.32. The zero-order valence-corrected chi connectivity index (χ0v) is 19.4. The largest absolute Gasteiger partial charge is 0.416 e. The van der Waals surface area contributed by atoms with Gasteiger partial charge in [-0.05, 0) is 60.4 Å². The number of alkyl halides is 3. The van der Waals surface area contributed by atoms with Crippen LogP contribution in [-0.4, -0.2) is 6.18 Å². The summed E-state index contributed by atoms with van der Waals surface area (Å²) in [7, 11) is 0. The molecule has 6 heteroatoms. The fraction of sp³-hybridized carbons (Fsp3) is 0.138. The topological polar surface area (TPSA) is 47.8 Å². The van der Waals surface area contributed by atoms with E-state index in [4.69, 9.17) is 0 Å². The van der Waals surface area contributed by atoms with Crippen molar-refractivity contribution < 1.29 is 13.2 Å². The smallest absolute Gasteiger partial charge is 0.354 e. The van der Waals surface area contributed by atoms with Crippen LogP contribution in [0.15, 0.2) is 115 Å². The second-order valence-electron chi connectivity index (χ2n) is 7.91. The fourth-order valence-corrected chi connectivity index (χ4v) is 3.48.